The number of aryl methyl sites for hydroxylation is 1. The van der Waals surface area contributed by atoms with Gasteiger partial charge in [-0.1, -0.05) is 12.1 Å². The first-order valence-corrected chi connectivity index (χ1v) is 6.98. The summed E-state index contributed by atoms with van der Waals surface area (Å²) >= 11 is 1.94. The third-order valence-electron chi connectivity index (χ3n) is 3.08. The molecule has 0 aliphatic carbocycles. The Balaban J connectivity index is 1.97. The highest BCUT2D eigenvalue weighted by Crippen LogP contribution is 2.25. The van der Waals surface area contributed by atoms with Crippen molar-refractivity contribution in [1.82, 2.24) is 5.32 Å². The van der Waals surface area contributed by atoms with Crippen LogP contribution in [0.25, 0.3) is 0 Å². The van der Waals surface area contributed by atoms with E-state index in [-0.39, 0.29) is 5.91 Å². The highest BCUT2D eigenvalue weighted by atomic mass is 32.2. The highest BCUT2D eigenvalue weighted by Gasteiger charge is 2.17. The smallest absolute Gasteiger partial charge is 0.253 e. The van der Waals surface area contributed by atoms with E-state index in [0.717, 1.165) is 12.1 Å². The summed E-state index contributed by atoms with van der Waals surface area (Å²) in [4.78, 5) is 12.0. The second-order valence-corrected chi connectivity index (χ2v) is 5.79. The fourth-order valence-corrected chi connectivity index (χ4v) is 3.19. The first-order valence-electron chi connectivity index (χ1n) is 5.93. The minimum absolute atomic E-state index is 0.0568. The highest BCUT2D eigenvalue weighted by molar-refractivity contribution is 8.00. The molecule has 0 spiro atoms. The molecule has 4 heteroatoms. The zero-order chi connectivity index (χ0) is 12.3. The molecule has 0 saturated carbocycles. The van der Waals surface area contributed by atoms with Crippen LogP contribution in [0.5, 0.6) is 0 Å². The van der Waals surface area contributed by atoms with Crippen molar-refractivity contribution in [2.45, 2.75) is 25.0 Å². The van der Waals surface area contributed by atoms with E-state index in [0.29, 0.717) is 16.5 Å². The molecule has 1 aromatic rings. The summed E-state index contributed by atoms with van der Waals surface area (Å²) in [6.45, 7) is 2.66. The molecule has 92 valence electrons. The molecule has 1 aromatic carbocycles. The molecule has 3 N–H and O–H groups in total. The lowest BCUT2D eigenvalue weighted by Gasteiger charge is -2.12. The summed E-state index contributed by atoms with van der Waals surface area (Å²) in [5, 5.41) is 3.54. The number of nitrogen functional groups attached to an aromatic ring is 1. The zero-order valence-electron chi connectivity index (χ0n) is 10.0. The van der Waals surface area contributed by atoms with E-state index in [4.69, 9.17) is 5.73 Å². The fourth-order valence-electron chi connectivity index (χ4n) is 1.99. The summed E-state index contributed by atoms with van der Waals surface area (Å²) in [5.41, 5.74) is 8.03. The lowest BCUT2D eigenvalue weighted by molar-refractivity contribution is 0.0954. The van der Waals surface area contributed by atoms with Crippen molar-refractivity contribution < 1.29 is 4.79 Å². The molecule has 0 bridgehead atoms. The van der Waals surface area contributed by atoms with Crippen molar-refractivity contribution in [2.24, 2.45) is 0 Å². The van der Waals surface area contributed by atoms with Crippen LogP contribution in [0.1, 0.15) is 28.8 Å². The number of amides is 1. The standard InChI is InChI=1S/C13H18N2OS/c1-9-4-2-6-11(12(9)14)13(16)15-8-10-5-3-7-17-10/h2,4,6,10H,3,5,7-8,14H2,1H3,(H,15,16). The van der Waals surface area contributed by atoms with Gasteiger partial charge in [0, 0.05) is 17.5 Å². The first kappa shape index (κ1) is 12.3. The Morgan fingerprint density at radius 2 is 2.41 bits per heavy atom. The molecule has 3 nitrogen and oxygen atoms in total. The summed E-state index contributed by atoms with van der Waals surface area (Å²) in [6, 6.07) is 5.56. The maximum atomic E-state index is 12.0. The number of nitrogens with two attached hydrogens (primary N) is 1. The second-order valence-electron chi connectivity index (χ2n) is 4.38. The van der Waals surface area contributed by atoms with Crippen LogP contribution in [0, 0.1) is 6.92 Å². The predicted molar refractivity (Wildman–Crippen MR) is 73.4 cm³/mol. The van der Waals surface area contributed by atoms with Crippen LogP contribution in [-0.4, -0.2) is 23.5 Å². The number of rotatable bonds is 3. The minimum atomic E-state index is -0.0568. The van der Waals surface area contributed by atoms with Crippen molar-refractivity contribution >= 4 is 23.4 Å². The van der Waals surface area contributed by atoms with Crippen LogP contribution < -0.4 is 11.1 Å². The Kier molecular flexibility index (Phi) is 3.94. The predicted octanol–water partition coefficient (Wildman–Crippen LogP) is 2.20. The summed E-state index contributed by atoms with van der Waals surface area (Å²) in [7, 11) is 0. The van der Waals surface area contributed by atoms with Crippen molar-refractivity contribution in [3.05, 3.63) is 29.3 Å². The van der Waals surface area contributed by atoms with Crippen LogP contribution in [0.3, 0.4) is 0 Å². The van der Waals surface area contributed by atoms with E-state index in [2.05, 4.69) is 5.32 Å². The molecule has 1 unspecified atom stereocenters. The number of carbonyl (C=O) groups is 1. The van der Waals surface area contributed by atoms with E-state index < -0.39 is 0 Å². The zero-order valence-corrected chi connectivity index (χ0v) is 10.8. The molecule has 1 aliphatic rings. The molecule has 1 heterocycles. The quantitative estimate of drug-likeness (QED) is 0.809. The molecular formula is C13H18N2OS. The average Bonchev–Trinajstić information content (AvgIpc) is 2.82. The topological polar surface area (TPSA) is 55.1 Å². The number of thioether (sulfide) groups is 1. The van der Waals surface area contributed by atoms with Gasteiger partial charge in [0.05, 0.1) is 5.56 Å². The van der Waals surface area contributed by atoms with Crippen molar-refractivity contribution in [3.8, 4) is 0 Å². The van der Waals surface area contributed by atoms with Crippen molar-refractivity contribution in [3.63, 3.8) is 0 Å². The summed E-state index contributed by atoms with van der Waals surface area (Å²) in [6.07, 6.45) is 2.46. The average molecular weight is 250 g/mol. The van der Waals surface area contributed by atoms with Gasteiger partial charge in [-0.2, -0.15) is 11.8 Å². The monoisotopic (exact) mass is 250 g/mol. The first-order chi connectivity index (χ1) is 8.18. The van der Waals surface area contributed by atoms with Gasteiger partial charge in [-0.05, 0) is 37.1 Å². The molecule has 1 aliphatic heterocycles. The van der Waals surface area contributed by atoms with Gasteiger partial charge in [-0.3, -0.25) is 4.79 Å². The van der Waals surface area contributed by atoms with E-state index in [9.17, 15) is 4.79 Å². The molecule has 1 fully saturated rings. The van der Waals surface area contributed by atoms with Gasteiger partial charge in [0.1, 0.15) is 0 Å². The Hall–Kier alpha value is -1.16. The lowest BCUT2D eigenvalue weighted by atomic mass is 10.1. The van der Waals surface area contributed by atoms with E-state index >= 15 is 0 Å². The van der Waals surface area contributed by atoms with Crippen LogP contribution in [0.15, 0.2) is 18.2 Å². The Morgan fingerprint density at radius 1 is 1.59 bits per heavy atom. The van der Waals surface area contributed by atoms with Gasteiger partial charge in [0.15, 0.2) is 0 Å². The molecule has 1 atom stereocenters. The second kappa shape index (κ2) is 5.45. The molecule has 0 radical (unpaired) electrons. The maximum Gasteiger partial charge on any atom is 0.253 e. The van der Waals surface area contributed by atoms with Gasteiger partial charge in [0.2, 0.25) is 0 Å². The molecule has 1 amide bonds. The number of para-hydroxylation sites is 1. The Morgan fingerprint density at radius 3 is 3.12 bits per heavy atom. The van der Waals surface area contributed by atoms with E-state index in [1.165, 1.54) is 18.6 Å². The van der Waals surface area contributed by atoms with Gasteiger partial charge in [-0.15, -0.1) is 0 Å². The van der Waals surface area contributed by atoms with Crippen LogP contribution >= 0.6 is 11.8 Å². The Bertz CT molecular complexity index is 414. The van der Waals surface area contributed by atoms with Crippen LogP contribution in [0.4, 0.5) is 5.69 Å². The number of benzene rings is 1. The number of hydrogen-bond donors (Lipinski definition) is 2. The van der Waals surface area contributed by atoms with Gasteiger partial charge in [-0.25, -0.2) is 0 Å². The minimum Gasteiger partial charge on any atom is -0.398 e. The molecule has 17 heavy (non-hydrogen) atoms. The number of hydrogen-bond acceptors (Lipinski definition) is 3. The molecule has 2 rings (SSSR count). The third-order valence-corrected chi connectivity index (χ3v) is 4.48. The Labute approximate surface area is 106 Å². The van der Waals surface area contributed by atoms with Gasteiger partial charge in [0.25, 0.3) is 5.91 Å². The van der Waals surface area contributed by atoms with E-state index in [1.807, 2.05) is 30.8 Å². The number of nitrogens with one attached hydrogen (secondary N) is 1. The SMILES string of the molecule is Cc1cccc(C(=O)NCC2CCCS2)c1N. The molecule has 0 aromatic heterocycles. The van der Waals surface area contributed by atoms with Crippen molar-refractivity contribution in [2.75, 3.05) is 18.0 Å². The van der Waals surface area contributed by atoms with Crippen molar-refractivity contribution in [1.29, 1.82) is 0 Å². The maximum absolute atomic E-state index is 12.0. The van der Waals surface area contributed by atoms with Gasteiger partial charge < -0.3 is 11.1 Å². The molecular weight excluding hydrogens is 232 g/mol. The summed E-state index contributed by atoms with van der Waals surface area (Å²) in [5.74, 6) is 1.16. The van der Waals surface area contributed by atoms with Crippen LogP contribution in [-0.2, 0) is 0 Å². The third kappa shape index (κ3) is 2.94. The number of anilines is 1. The normalized spacial score (nSPS) is 19.2. The number of carbonyl (C=O) groups excluding carboxylic acids is 1. The van der Waals surface area contributed by atoms with Crippen LogP contribution in [0.2, 0.25) is 0 Å². The van der Waals surface area contributed by atoms with Gasteiger partial charge >= 0.3 is 0 Å². The summed E-state index contributed by atoms with van der Waals surface area (Å²) < 4.78 is 0. The largest absolute Gasteiger partial charge is 0.398 e. The van der Waals surface area contributed by atoms with E-state index in [1.54, 1.807) is 6.07 Å². The molecule has 1 saturated heterocycles. The fraction of sp³-hybridized carbons (Fsp3) is 0.462. The lowest BCUT2D eigenvalue weighted by Crippen LogP contribution is -2.30.